The van der Waals surface area contributed by atoms with Crippen molar-refractivity contribution in [1.29, 1.82) is 5.26 Å². The number of nitriles is 1. The molecule has 3 heterocycles. The van der Waals surface area contributed by atoms with Gasteiger partial charge in [-0.2, -0.15) is 5.26 Å². The third-order valence-corrected chi connectivity index (χ3v) is 6.57. The van der Waals surface area contributed by atoms with E-state index in [-0.39, 0.29) is 6.04 Å². The van der Waals surface area contributed by atoms with E-state index in [2.05, 4.69) is 50.0 Å². The first kappa shape index (κ1) is 18.5. The zero-order valence-corrected chi connectivity index (χ0v) is 16.4. The predicted octanol–water partition coefficient (Wildman–Crippen LogP) is 2.29. The molecular weight excluding hydrogens is 364 g/mol. The number of hydrazine groups is 1. The van der Waals surface area contributed by atoms with Crippen LogP contribution >= 0.6 is 0 Å². The van der Waals surface area contributed by atoms with Crippen LogP contribution in [0.3, 0.4) is 0 Å². The normalized spacial score (nSPS) is 29.3. The molecule has 1 aromatic carbocycles. The van der Waals surface area contributed by atoms with E-state index >= 15 is 0 Å². The molecule has 3 fully saturated rings. The molecule has 0 radical (unpaired) electrons. The second-order valence-electron chi connectivity index (χ2n) is 8.18. The molecule has 4 atom stereocenters. The van der Waals surface area contributed by atoms with Gasteiger partial charge in [-0.25, -0.2) is 15.4 Å². The highest BCUT2D eigenvalue weighted by atomic mass is 16.5. The summed E-state index contributed by atoms with van der Waals surface area (Å²) in [5.74, 6) is 1.93. The molecule has 150 valence electrons. The molecule has 7 nitrogen and oxygen atoms in total. The van der Waals surface area contributed by atoms with Gasteiger partial charge in [0, 0.05) is 25.2 Å². The first-order valence-electron chi connectivity index (χ1n) is 10.5. The van der Waals surface area contributed by atoms with Crippen molar-refractivity contribution in [2.75, 3.05) is 31.2 Å². The molecule has 1 aromatic heterocycles. The quantitative estimate of drug-likeness (QED) is 0.831. The second-order valence-corrected chi connectivity index (χ2v) is 8.18. The summed E-state index contributed by atoms with van der Waals surface area (Å²) in [4.78, 5) is 11.4. The fourth-order valence-electron chi connectivity index (χ4n) is 5.01. The maximum atomic E-state index is 9.24. The summed E-state index contributed by atoms with van der Waals surface area (Å²) in [5, 5.41) is 9.24. The van der Waals surface area contributed by atoms with Gasteiger partial charge >= 0.3 is 0 Å². The number of benzene rings is 1. The Morgan fingerprint density at radius 1 is 1.10 bits per heavy atom. The number of fused-ring (bicyclic) bond motifs is 1. The van der Waals surface area contributed by atoms with Gasteiger partial charge in [0.2, 0.25) is 0 Å². The largest absolute Gasteiger partial charge is 0.378 e. The van der Waals surface area contributed by atoms with Gasteiger partial charge in [-0.3, -0.25) is 5.43 Å². The average molecular weight is 390 g/mol. The van der Waals surface area contributed by atoms with Gasteiger partial charge in [0.1, 0.15) is 12.1 Å². The summed E-state index contributed by atoms with van der Waals surface area (Å²) in [5.41, 5.74) is 10.1. The third kappa shape index (κ3) is 3.71. The van der Waals surface area contributed by atoms with Crippen LogP contribution < -0.4 is 15.8 Å². The number of hydrogen-bond donors (Lipinski definition) is 2. The lowest BCUT2D eigenvalue weighted by Crippen LogP contribution is -2.37. The molecule has 29 heavy (non-hydrogen) atoms. The van der Waals surface area contributed by atoms with Crippen LogP contribution in [0.1, 0.15) is 48.0 Å². The van der Waals surface area contributed by atoms with Crippen LogP contribution in [0.25, 0.3) is 0 Å². The summed E-state index contributed by atoms with van der Waals surface area (Å²) >= 11 is 0. The Bertz CT molecular complexity index is 906. The van der Waals surface area contributed by atoms with E-state index in [0.29, 0.717) is 17.9 Å². The van der Waals surface area contributed by atoms with Crippen LogP contribution in [0.5, 0.6) is 0 Å². The first-order valence-corrected chi connectivity index (χ1v) is 10.5. The number of anilines is 1. The summed E-state index contributed by atoms with van der Waals surface area (Å²) in [6.07, 6.45) is 5.03. The van der Waals surface area contributed by atoms with Gasteiger partial charge in [0.15, 0.2) is 0 Å². The van der Waals surface area contributed by atoms with Crippen molar-refractivity contribution in [2.24, 2.45) is 5.92 Å². The maximum absolute atomic E-state index is 9.24. The van der Waals surface area contributed by atoms with E-state index in [1.54, 1.807) is 6.33 Å². The molecular formula is C22H26N6O. The van der Waals surface area contributed by atoms with Crippen molar-refractivity contribution in [3.05, 3.63) is 53.5 Å². The molecule has 1 saturated carbocycles. The summed E-state index contributed by atoms with van der Waals surface area (Å²) < 4.78 is 5.46. The van der Waals surface area contributed by atoms with Crippen molar-refractivity contribution in [1.82, 2.24) is 20.8 Å². The van der Waals surface area contributed by atoms with E-state index in [1.807, 2.05) is 12.1 Å². The molecule has 2 N–H and O–H groups in total. The predicted molar refractivity (Wildman–Crippen MR) is 109 cm³/mol. The second kappa shape index (κ2) is 8.07. The van der Waals surface area contributed by atoms with Crippen LogP contribution in [0.4, 0.5) is 5.82 Å². The fraction of sp³-hybridized carbons (Fsp3) is 0.500. The number of hydrogen-bond acceptors (Lipinski definition) is 7. The molecule has 2 saturated heterocycles. The number of rotatable bonds is 3. The Balaban J connectivity index is 1.36. The lowest BCUT2D eigenvalue weighted by Gasteiger charge is -2.33. The highest BCUT2D eigenvalue weighted by Crippen LogP contribution is 2.44. The summed E-state index contributed by atoms with van der Waals surface area (Å²) in [6, 6.07) is 13.1. The zero-order chi connectivity index (χ0) is 19.6. The van der Waals surface area contributed by atoms with Gasteiger partial charge in [-0.15, -0.1) is 0 Å². The van der Waals surface area contributed by atoms with Gasteiger partial charge < -0.3 is 9.64 Å². The Kier molecular flexibility index (Phi) is 5.15. The van der Waals surface area contributed by atoms with Crippen molar-refractivity contribution in [3.8, 4) is 6.07 Å². The Labute approximate surface area is 171 Å². The Morgan fingerprint density at radius 2 is 2.00 bits per heavy atom. The average Bonchev–Trinajstić information content (AvgIpc) is 3.23. The Hall–Kier alpha value is -2.53. The van der Waals surface area contributed by atoms with Crippen LogP contribution in [0.2, 0.25) is 0 Å². The number of morpholine rings is 1. The maximum Gasteiger partial charge on any atom is 0.132 e. The number of nitrogens with zero attached hydrogens (tertiary/aromatic N) is 4. The van der Waals surface area contributed by atoms with E-state index in [1.165, 1.54) is 5.56 Å². The number of nitrogens with one attached hydrogen (secondary N) is 2. The molecule has 0 amide bonds. The van der Waals surface area contributed by atoms with Gasteiger partial charge in [0.25, 0.3) is 0 Å². The smallest absolute Gasteiger partial charge is 0.132 e. The number of aromatic nitrogens is 2. The van der Waals surface area contributed by atoms with Crippen LogP contribution in [-0.2, 0) is 4.74 Å². The topological polar surface area (TPSA) is 86.1 Å². The summed E-state index contributed by atoms with van der Waals surface area (Å²) in [6.45, 7) is 3.24. The van der Waals surface area contributed by atoms with E-state index in [9.17, 15) is 5.26 Å². The van der Waals surface area contributed by atoms with Crippen LogP contribution in [0, 0.1) is 17.2 Å². The molecule has 2 aromatic rings. The minimum Gasteiger partial charge on any atom is -0.378 e. The molecule has 7 heteroatoms. The lowest BCUT2D eigenvalue weighted by atomic mass is 9.73. The molecule has 4 unspecified atom stereocenters. The highest BCUT2D eigenvalue weighted by Gasteiger charge is 2.42. The van der Waals surface area contributed by atoms with Crippen molar-refractivity contribution < 1.29 is 4.74 Å². The van der Waals surface area contributed by atoms with Crippen molar-refractivity contribution >= 4 is 5.82 Å². The molecule has 1 aliphatic carbocycles. The molecule has 0 spiro atoms. The highest BCUT2D eigenvalue weighted by molar-refractivity contribution is 5.40. The number of ether oxygens (including phenoxy) is 1. The molecule has 3 aliphatic rings. The SMILES string of the molecule is N#Cc1cccc(C2CCC3NNC(c4cc(N5CCOCC5)ncn4)C3C2)c1. The van der Waals surface area contributed by atoms with E-state index in [0.717, 1.165) is 62.6 Å². The minimum absolute atomic E-state index is 0.171. The van der Waals surface area contributed by atoms with Crippen molar-refractivity contribution in [3.63, 3.8) is 0 Å². The van der Waals surface area contributed by atoms with Gasteiger partial charge in [-0.05, 0) is 48.8 Å². The first-order chi connectivity index (χ1) is 14.3. The van der Waals surface area contributed by atoms with Crippen LogP contribution in [-0.4, -0.2) is 42.3 Å². The summed E-state index contributed by atoms with van der Waals surface area (Å²) in [7, 11) is 0. The Morgan fingerprint density at radius 3 is 2.86 bits per heavy atom. The minimum atomic E-state index is 0.171. The van der Waals surface area contributed by atoms with E-state index < -0.39 is 0 Å². The fourth-order valence-corrected chi connectivity index (χ4v) is 5.01. The van der Waals surface area contributed by atoms with Gasteiger partial charge in [0.05, 0.1) is 36.6 Å². The molecule has 5 rings (SSSR count). The molecule has 0 bridgehead atoms. The standard InChI is InChI=1S/C22H26N6O/c23-13-15-2-1-3-16(10-15)17-4-5-19-18(11-17)22(27-26-19)20-12-21(25-14-24-20)28-6-8-29-9-7-28/h1-3,10,12,14,17-19,22,26-27H,4-9,11H2. The molecule has 2 aliphatic heterocycles. The monoisotopic (exact) mass is 390 g/mol. The lowest BCUT2D eigenvalue weighted by molar-refractivity contribution is 0.122. The van der Waals surface area contributed by atoms with Crippen LogP contribution in [0.15, 0.2) is 36.7 Å². The van der Waals surface area contributed by atoms with Crippen molar-refractivity contribution in [2.45, 2.75) is 37.3 Å². The third-order valence-electron chi connectivity index (χ3n) is 6.57. The zero-order valence-electron chi connectivity index (χ0n) is 16.4. The van der Waals surface area contributed by atoms with E-state index in [4.69, 9.17) is 4.74 Å². The van der Waals surface area contributed by atoms with Gasteiger partial charge in [-0.1, -0.05) is 12.1 Å².